The van der Waals surface area contributed by atoms with Gasteiger partial charge < -0.3 is 5.32 Å². The summed E-state index contributed by atoms with van der Waals surface area (Å²) < 4.78 is 1.17. The third kappa shape index (κ3) is 3.09. The topological polar surface area (TPSA) is 37.8 Å². The predicted molar refractivity (Wildman–Crippen MR) is 64.6 cm³/mol. The van der Waals surface area contributed by atoms with Gasteiger partial charge in [0.25, 0.3) is 0 Å². The number of hydrogen-bond donors (Lipinski definition) is 1. The Bertz CT molecular complexity index is 416. The third-order valence-corrected chi connectivity index (χ3v) is 3.84. The van der Waals surface area contributed by atoms with E-state index in [4.69, 9.17) is 0 Å². The molecule has 0 saturated carbocycles. The van der Waals surface area contributed by atoms with E-state index in [0.717, 1.165) is 18.8 Å². The van der Waals surface area contributed by atoms with Gasteiger partial charge >= 0.3 is 0 Å². The smallest absolute Gasteiger partial charge is 0.0769 e. The molecule has 2 aromatic rings. The van der Waals surface area contributed by atoms with Crippen molar-refractivity contribution >= 4 is 27.3 Å². The SMILES string of the molecule is Brc1ccsc1CNCc1cccnn1. The zero-order valence-corrected chi connectivity index (χ0v) is 10.4. The van der Waals surface area contributed by atoms with Crippen molar-refractivity contribution in [2.45, 2.75) is 13.1 Å². The lowest BCUT2D eigenvalue weighted by atomic mass is 10.4. The van der Waals surface area contributed by atoms with E-state index < -0.39 is 0 Å². The monoisotopic (exact) mass is 283 g/mol. The van der Waals surface area contributed by atoms with Gasteiger partial charge in [-0.15, -0.1) is 11.3 Å². The molecule has 1 N–H and O–H groups in total. The van der Waals surface area contributed by atoms with Gasteiger partial charge in [-0.3, -0.25) is 0 Å². The summed E-state index contributed by atoms with van der Waals surface area (Å²) in [6.07, 6.45) is 1.68. The molecular formula is C10H10BrN3S. The molecule has 0 saturated heterocycles. The summed E-state index contributed by atoms with van der Waals surface area (Å²) >= 11 is 5.23. The van der Waals surface area contributed by atoms with E-state index in [1.54, 1.807) is 17.5 Å². The Kier molecular flexibility index (Phi) is 3.82. The second-order valence-electron chi connectivity index (χ2n) is 3.01. The number of rotatable bonds is 4. The number of nitrogens with one attached hydrogen (secondary N) is 1. The summed E-state index contributed by atoms with van der Waals surface area (Å²) in [5, 5.41) is 13.2. The van der Waals surface area contributed by atoms with E-state index in [1.807, 2.05) is 12.1 Å². The van der Waals surface area contributed by atoms with Crippen LogP contribution in [0.2, 0.25) is 0 Å². The lowest BCUT2D eigenvalue weighted by molar-refractivity contribution is 0.675. The first-order chi connectivity index (χ1) is 7.36. The van der Waals surface area contributed by atoms with Crippen LogP contribution in [0.25, 0.3) is 0 Å². The molecule has 5 heteroatoms. The molecule has 15 heavy (non-hydrogen) atoms. The van der Waals surface area contributed by atoms with Crippen LogP contribution in [0.1, 0.15) is 10.6 Å². The highest BCUT2D eigenvalue weighted by atomic mass is 79.9. The van der Waals surface area contributed by atoms with Gasteiger partial charge in [0.2, 0.25) is 0 Å². The number of thiophene rings is 1. The first kappa shape index (κ1) is 10.7. The Morgan fingerprint density at radius 2 is 2.27 bits per heavy atom. The Morgan fingerprint density at radius 1 is 1.33 bits per heavy atom. The molecule has 78 valence electrons. The maximum absolute atomic E-state index is 4.00. The normalized spacial score (nSPS) is 10.5. The van der Waals surface area contributed by atoms with Crippen molar-refractivity contribution in [3.05, 3.63) is 44.8 Å². The summed E-state index contributed by atoms with van der Waals surface area (Å²) in [6.45, 7) is 1.60. The number of halogens is 1. The van der Waals surface area contributed by atoms with Crippen molar-refractivity contribution in [3.63, 3.8) is 0 Å². The molecule has 0 bridgehead atoms. The molecular weight excluding hydrogens is 274 g/mol. The minimum Gasteiger partial charge on any atom is -0.306 e. The maximum atomic E-state index is 4.00. The largest absolute Gasteiger partial charge is 0.306 e. The summed E-state index contributed by atoms with van der Waals surface area (Å²) in [6, 6.07) is 5.92. The molecule has 0 radical (unpaired) electrons. The van der Waals surface area contributed by atoms with Gasteiger partial charge in [0.15, 0.2) is 0 Å². The van der Waals surface area contributed by atoms with E-state index >= 15 is 0 Å². The molecule has 2 heterocycles. The van der Waals surface area contributed by atoms with Crippen molar-refractivity contribution in [2.24, 2.45) is 0 Å². The number of aromatic nitrogens is 2. The average Bonchev–Trinajstić information content (AvgIpc) is 2.66. The second-order valence-corrected chi connectivity index (χ2v) is 4.87. The fourth-order valence-corrected chi connectivity index (χ4v) is 2.65. The molecule has 0 aromatic carbocycles. The molecule has 2 aromatic heterocycles. The van der Waals surface area contributed by atoms with E-state index in [-0.39, 0.29) is 0 Å². The second kappa shape index (κ2) is 5.34. The van der Waals surface area contributed by atoms with Crippen LogP contribution in [0.4, 0.5) is 0 Å². The highest BCUT2D eigenvalue weighted by Gasteiger charge is 2.00. The lowest BCUT2D eigenvalue weighted by Crippen LogP contribution is -2.13. The van der Waals surface area contributed by atoms with E-state index in [2.05, 4.69) is 42.9 Å². The van der Waals surface area contributed by atoms with Crippen molar-refractivity contribution in [1.29, 1.82) is 0 Å². The van der Waals surface area contributed by atoms with Gasteiger partial charge in [-0.1, -0.05) is 0 Å². The third-order valence-electron chi connectivity index (χ3n) is 1.91. The maximum Gasteiger partial charge on any atom is 0.0769 e. The van der Waals surface area contributed by atoms with Crippen molar-refractivity contribution < 1.29 is 0 Å². The summed E-state index contributed by atoms with van der Waals surface area (Å²) in [7, 11) is 0. The molecule has 0 aliphatic rings. The highest BCUT2D eigenvalue weighted by molar-refractivity contribution is 9.10. The van der Waals surface area contributed by atoms with Crippen LogP contribution in [-0.2, 0) is 13.1 Å². The van der Waals surface area contributed by atoms with E-state index in [0.29, 0.717) is 0 Å². The van der Waals surface area contributed by atoms with Crippen LogP contribution in [0.5, 0.6) is 0 Å². The fraction of sp³-hybridized carbons (Fsp3) is 0.200. The standard InChI is InChI=1S/C10H10BrN3S/c11-9-3-5-15-10(9)7-12-6-8-2-1-4-13-14-8/h1-5,12H,6-7H2. The van der Waals surface area contributed by atoms with Crippen LogP contribution in [0, 0.1) is 0 Å². The van der Waals surface area contributed by atoms with Gasteiger partial charge in [0, 0.05) is 28.6 Å². The molecule has 0 aliphatic carbocycles. The molecule has 0 fully saturated rings. The molecule has 2 rings (SSSR count). The van der Waals surface area contributed by atoms with Gasteiger partial charge in [-0.2, -0.15) is 10.2 Å². The molecule has 0 spiro atoms. The van der Waals surface area contributed by atoms with Crippen LogP contribution < -0.4 is 5.32 Å². The quantitative estimate of drug-likeness (QED) is 0.937. The summed E-state index contributed by atoms with van der Waals surface area (Å²) in [4.78, 5) is 1.30. The van der Waals surface area contributed by atoms with Crippen molar-refractivity contribution in [2.75, 3.05) is 0 Å². The van der Waals surface area contributed by atoms with Gasteiger partial charge in [0.05, 0.1) is 5.69 Å². The fourth-order valence-electron chi connectivity index (χ4n) is 1.18. The molecule has 0 atom stereocenters. The van der Waals surface area contributed by atoms with E-state index in [9.17, 15) is 0 Å². The molecule has 0 amide bonds. The molecule has 0 aliphatic heterocycles. The van der Waals surface area contributed by atoms with Crippen molar-refractivity contribution in [3.8, 4) is 0 Å². The van der Waals surface area contributed by atoms with Crippen LogP contribution in [0.3, 0.4) is 0 Å². The summed E-state index contributed by atoms with van der Waals surface area (Å²) in [5.74, 6) is 0. The Labute approximate surface area is 101 Å². The number of hydrogen-bond acceptors (Lipinski definition) is 4. The van der Waals surface area contributed by atoms with Crippen LogP contribution in [0.15, 0.2) is 34.2 Å². The predicted octanol–water partition coefficient (Wildman–Crippen LogP) is 2.59. The Balaban J connectivity index is 1.83. The number of nitrogens with zero attached hydrogens (tertiary/aromatic N) is 2. The van der Waals surface area contributed by atoms with Gasteiger partial charge in [0.1, 0.15) is 0 Å². The van der Waals surface area contributed by atoms with Crippen LogP contribution >= 0.6 is 27.3 Å². The zero-order valence-electron chi connectivity index (χ0n) is 7.98. The summed E-state index contributed by atoms with van der Waals surface area (Å²) in [5.41, 5.74) is 0.963. The Morgan fingerprint density at radius 3 is 2.93 bits per heavy atom. The minimum atomic E-state index is 0.748. The molecule has 0 unspecified atom stereocenters. The first-order valence-corrected chi connectivity index (χ1v) is 6.22. The van der Waals surface area contributed by atoms with E-state index in [1.165, 1.54) is 9.35 Å². The van der Waals surface area contributed by atoms with Gasteiger partial charge in [-0.25, -0.2) is 0 Å². The zero-order chi connectivity index (χ0) is 10.5. The van der Waals surface area contributed by atoms with Gasteiger partial charge in [-0.05, 0) is 39.5 Å². The Hall–Kier alpha value is -0.780. The first-order valence-electron chi connectivity index (χ1n) is 4.55. The minimum absolute atomic E-state index is 0.748. The molecule has 3 nitrogen and oxygen atoms in total. The highest BCUT2D eigenvalue weighted by Crippen LogP contribution is 2.22. The van der Waals surface area contributed by atoms with Crippen LogP contribution in [-0.4, -0.2) is 10.2 Å². The van der Waals surface area contributed by atoms with Crippen molar-refractivity contribution in [1.82, 2.24) is 15.5 Å². The lowest BCUT2D eigenvalue weighted by Gasteiger charge is -2.02. The average molecular weight is 284 g/mol.